The SMILES string of the molecule is COc1cc(C(=O)NNC(=O)CCn2c(=O)n(C)c3ccccc32)ccc1OCCC(C)C. The molecule has 0 saturated heterocycles. The Kier molecular flexibility index (Phi) is 7.76. The summed E-state index contributed by atoms with van der Waals surface area (Å²) in [7, 11) is 3.19. The lowest BCUT2D eigenvalue weighted by atomic mass is 10.1. The van der Waals surface area contributed by atoms with Gasteiger partial charge in [0, 0.05) is 25.6 Å². The van der Waals surface area contributed by atoms with E-state index < -0.39 is 11.8 Å². The number of methoxy groups -OCH3 is 1. The Bertz CT molecular complexity index is 1200. The van der Waals surface area contributed by atoms with E-state index in [1.165, 1.54) is 7.11 Å². The maximum absolute atomic E-state index is 12.5. The average molecular weight is 455 g/mol. The van der Waals surface area contributed by atoms with Crippen molar-refractivity contribution in [2.75, 3.05) is 13.7 Å². The number of hydrogen-bond donors (Lipinski definition) is 2. The van der Waals surface area contributed by atoms with Gasteiger partial charge in [-0.2, -0.15) is 0 Å². The van der Waals surface area contributed by atoms with Crippen LogP contribution in [0.1, 0.15) is 37.0 Å². The number of nitrogens with zero attached hydrogens (tertiary/aromatic N) is 2. The van der Waals surface area contributed by atoms with Gasteiger partial charge in [0.25, 0.3) is 5.91 Å². The van der Waals surface area contributed by atoms with Gasteiger partial charge in [-0.15, -0.1) is 0 Å². The Balaban J connectivity index is 1.56. The Hall–Kier alpha value is -3.75. The van der Waals surface area contributed by atoms with Gasteiger partial charge in [0.1, 0.15) is 0 Å². The largest absolute Gasteiger partial charge is 0.493 e. The average Bonchev–Trinajstić information content (AvgIpc) is 3.05. The van der Waals surface area contributed by atoms with E-state index in [2.05, 4.69) is 24.7 Å². The number of carbonyl (C=O) groups excluding carboxylic acids is 2. The maximum Gasteiger partial charge on any atom is 0.328 e. The van der Waals surface area contributed by atoms with Gasteiger partial charge in [-0.3, -0.25) is 29.6 Å². The van der Waals surface area contributed by atoms with Crippen LogP contribution in [0.3, 0.4) is 0 Å². The fourth-order valence-electron chi connectivity index (χ4n) is 3.39. The Labute approximate surface area is 192 Å². The second kappa shape index (κ2) is 10.7. The summed E-state index contributed by atoms with van der Waals surface area (Å²) in [5.74, 6) is 0.609. The van der Waals surface area contributed by atoms with Crippen LogP contribution >= 0.6 is 0 Å². The quantitative estimate of drug-likeness (QED) is 0.484. The lowest BCUT2D eigenvalue weighted by molar-refractivity contribution is -0.122. The summed E-state index contributed by atoms with van der Waals surface area (Å²) in [6.07, 6.45) is 0.933. The van der Waals surface area contributed by atoms with Crippen LogP contribution in [-0.4, -0.2) is 34.7 Å². The minimum absolute atomic E-state index is 0.0279. The lowest BCUT2D eigenvalue weighted by Gasteiger charge is -2.13. The van der Waals surface area contributed by atoms with Gasteiger partial charge in [-0.05, 0) is 42.7 Å². The summed E-state index contributed by atoms with van der Waals surface area (Å²) >= 11 is 0. The molecule has 1 aromatic heterocycles. The van der Waals surface area contributed by atoms with Crippen LogP contribution in [0.2, 0.25) is 0 Å². The van der Waals surface area contributed by atoms with Gasteiger partial charge in [-0.25, -0.2) is 4.79 Å². The highest BCUT2D eigenvalue weighted by molar-refractivity contribution is 5.96. The summed E-state index contributed by atoms with van der Waals surface area (Å²) < 4.78 is 14.1. The van der Waals surface area contributed by atoms with Crippen LogP contribution in [0, 0.1) is 5.92 Å². The van der Waals surface area contributed by atoms with Crippen LogP contribution in [0.25, 0.3) is 11.0 Å². The first-order valence-electron chi connectivity index (χ1n) is 10.9. The molecular weight excluding hydrogens is 424 g/mol. The standard InChI is InChI=1S/C24H30N4O5/c1-16(2)12-14-33-20-10-9-17(15-21(20)32-4)23(30)26-25-22(29)11-13-28-19-8-6-5-7-18(19)27(3)24(28)31/h5-10,15-16H,11-14H2,1-4H3,(H,25,29)(H,26,30). The molecule has 0 bridgehead atoms. The molecule has 0 radical (unpaired) electrons. The van der Waals surface area contributed by atoms with Crippen molar-refractivity contribution >= 4 is 22.8 Å². The topological polar surface area (TPSA) is 104 Å². The number of imidazole rings is 1. The highest BCUT2D eigenvalue weighted by Gasteiger charge is 2.14. The molecule has 0 aliphatic rings. The summed E-state index contributed by atoms with van der Waals surface area (Å²) in [6.45, 7) is 4.97. The van der Waals surface area contributed by atoms with E-state index in [-0.39, 0.29) is 18.7 Å². The minimum atomic E-state index is -0.488. The van der Waals surface area contributed by atoms with Crippen molar-refractivity contribution in [3.8, 4) is 11.5 Å². The highest BCUT2D eigenvalue weighted by atomic mass is 16.5. The number of hydrazine groups is 1. The first-order chi connectivity index (χ1) is 15.8. The van der Waals surface area contributed by atoms with Crippen LogP contribution in [0.5, 0.6) is 11.5 Å². The molecule has 33 heavy (non-hydrogen) atoms. The van der Waals surface area contributed by atoms with Crippen LogP contribution in [-0.2, 0) is 18.4 Å². The zero-order valence-electron chi connectivity index (χ0n) is 19.4. The molecule has 176 valence electrons. The molecule has 0 unspecified atom stereocenters. The molecule has 0 saturated carbocycles. The van der Waals surface area contributed by atoms with Crippen molar-refractivity contribution in [3.05, 3.63) is 58.5 Å². The molecule has 0 fully saturated rings. The molecular formula is C24H30N4O5. The zero-order valence-corrected chi connectivity index (χ0v) is 19.4. The van der Waals surface area contributed by atoms with Gasteiger partial charge >= 0.3 is 5.69 Å². The van der Waals surface area contributed by atoms with E-state index in [1.54, 1.807) is 34.4 Å². The minimum Gasteiger partial charge on any atom is -0.493 e. The second-order valence-corrected chi connectivity index (χ2v) is 8.13. The first kappa shape index (κ1) is 23.9. The molecule has 0 spiro atoms. The van der Waals surface area contributed by atoms with Gasteiger partial charge in [0.2, 0.25) is 5.91 Å². The van der Waals surface area contributed by atoms with E-state index in [1.807, 2.05) is 24.3 Å². The maximum atomic E-state index is 12.5. The van der Waals surface area contributed by atoms with Crippen LogP contribution in [0.15, 0.2) is 47.3 Å². The molecule has 3 rings (SSSR count). The molecule has 3 aromatic rings. The number of para-hydroxylation sites is 2. The number of aromatic nitrogens is 2. The Morgan fingerprint density at radius 2 is 1.76 bits per heavy atom. The monoisotopic (exact) mass is 454 g/mol. The number of rotatable bonds is 9. The first-order valence-corrected chi connectivity index (χ1v) is 10.9. The Morgan fingerprint density at radius 1 is 1.03 bits per heavy atom. The van der Waals surface area contributed by atoms with Crippen molar-refractivity contribution < 1.29 is 19.1 Å². The fraction of sp³-hybridized carbons (Fsp3) is 0.375. The van der Waals surface area contributed by atoms with Gasteiger partial charge in [-0.1, -0.05) is 26.0 Å². The number of carbonyl (C=O) groups is 2. The summed E-state index contributed by atoms with van der Waals surface area (Å²) in [4.78, 5) is 37.2. The van der Waals surface area contributed by atoms with E-state index in [9.17, 15) is 14.4 Å². The predicted molar refractivity (Wildman–Crippen MR) is 125 cm³/mol. The number of ether oxygens (including phenoxy) is 2. The van der Waals surface area contributed by atoms with Gasteiger partial charge < -0.3 is 9.47 Å². The third-order valence-electron chi connectivity index (χ3n) is 5.31. The number of fused-ring (bicyclic) bond motifs is 1. The van der Waals surface area contributed by atoms with Gasteiger partial charge in [0.15, 0.2) is 11.5 Å². The Morgan fingerprint density at radius 3 is 2.45 bits per heavy atom. The smallest absolute Gasteiger partial charge is 0.328 e. The van der Waals surface area contributed by atoms with Crippen LogP contribution < -0.4 is 26.0 Å². The van der Waals surface area contributed by atoms with Gasteiger partial charge in [0.05, 0.1) is 24.8 Å². The number of benzene rings is 2. The lowest BCUT2D eigenvalue weighted by Crippen LogP contribution is -2.42. The third kappa shape index (κ3) is 5.74. The number of amides is 2. The van der Waals surface area contributed by atoms with Crippen molar-refractivity contribution in [3.63, 3.8) is 0 Å². The molecule has 9 heteroatoms. The summed E-state index contributed by atoms with van der Waals surface area (Å²) in [5.41, 5.74) is 6.45. The predicted octanol–water partition coefficient (Wildman–Crippen LogP) is 2.62. The van der Waals surface area contributed by atoms with E-state index in [0.717, 1.165) is 17.5 Å². The summed E-state index contributed by atoms with van der Waals surface area (Å²) in [5, 5.41) is 0. The molecule has 0 atom stereocenters. The zero-order chi connectivity index (χ0) is 24.0. The molecule has 1 heterocycles. The molecule has 2 aromatic carbocycles. The molecule has 0 aliphatic carbocycles. The number of nitrogens with one attached hydrogen (secondary N) is 2. The van der Waals surface area contributed by atoms with Crippen molar-refractivity contribution in [1.82, 2.24) is 20.0 Å². The van der Waals surface area contributed by atoms with Crippen LogP contribution in [0.4, 0.5) is 0 Å². The van der Waals surface area contributed by atoms with Crippen molar-refractivity contribution in [1.29, 1.82) is 0 Å². The van der Waals surface area contributed by atoms with E-state index in [4.69, 9.17) is 9.47 Å². The summed E-state index contributed by atoms with van der Waals surface area (Å²) in [6, 6.07) is 12.2. The fourth-order valence-corrected chi connectivity index (χ4v) is 3.39. The molecule has 9 nitrogen and oxygen atoms in total. The number of hydrogen-bond acceptors (Lipinski definition) is 5. The van der Waals surface area contributed by atoms with Crippen molar-refractivity contribution in [2.24, 2.45) is 13.0 Å². The van der Waals surface area contributed by atoms with Crippen molar-refractivity contribution in [2.45, 2.75) is 33.2 Å². The molecule has 0 aliphatic heterocycles. The normalized spacial score (nSPS) is 10.9. The van der Waals surface area contributed by atoms with E-state index >= 15 is 0 Å². The third-order valence-corrected chi connectivity index (χ3v) is 5.31. The van der Waals surface area contributed by atoms with E-state index in [0.29, 0.717) is 29.6 Å². The molecule has 2 amide bonds. The molecule has 2 N–H and O–H groups in total. The highest BCUT2D eigenvalue weighted by Crippen LogP contribution is 2.28. The number of aryl methyl sites for hydroxylation is 2. The second-order valence-electron chi connectivity index (χ2n) is 8.13.